The highest BCUT2D eigenvalue weighted by molar-refractivity contribution is 5.52. The molecule has 0 aliphatic heterocycles. The van der Waals surface area contributed by atoms with Crippen molar-refractivity contribution in [2.75, 3.05) is 19.0 Å². The number of nitrogens with one attached hydrogen (secondary N) is 1. The molecule has 0 aromatic heterocycles. The van der Waals surface area contributed by atoms with Gasteiger partial charge in [-0.05, 0) is 31.9 Å². The minimum atomic E-state index is -0.195. The van der Waals surface area contributed by atoms with Crippen molar-refractivity contribution in [1.82, 2.24) is 0 Å². The zero-order valence-corrected chi connectivity index (χ0v) is 9.51. The van der Waals surface area contributed by atoms with E-state index in [9.17, 15) is 4.39 Å². The molecular formula is C12H18FNO. The molecule has 1 unspecified atom stereocenters. The standard InChI is InChI=1S/C12H18FNO/c1-9-5-4-6-11(13)12(9)14-10(2)7-8-15-3/h4-6,10,14H,7-8H2,1-3H3. The van der Waals surface area contributed by atoms with Crippen molar-refractivity contribution in [1.29, 1.82) is 0 Å². The second-order valence-electron chi connectivity index (χ2n) is 3.76. The lowest BCUT2D eigenvalue weighted by Crippen LogP contribution is -2.18. The molecule has 84 valence electrons. The number of anilines is 1. The fraction of sp³-hybridized carbons (Fsp3) is 0.500. The fourth-order valence-corrected chi connectivity index (χ4v) is 1.43. The molecule has 1 rings (SSSR count). The van der Waals surface area contributed by atoms with Crippen molar-refractivity contribution in [3.63, 3.8) is 0 Å². The van der Waals surface area contributed by atoms with E-state index in [2.05, 4.69) is 5.32 Å². The van der Waals surface area contributed by atoms with Crippen molar-refractivity contribution in [3.05, 3.63) is 29.6 Å². The number of hydrogen-bond acceptors (Lipinski definition) is 2. The maximum Gasteiger partial charge on any atom is 0.146 e. The monoisotopic (exact) mass is 211 g/mol. The van der Waals surface area contributed by atoms with Crippen LogP contribution in [0.25, 0.3) is 0 Å². The molecule has 0 aliphatic rings. The first-order valence-electron chi connectivity index (χ1n) is 5.15. The Morgan fingerprint density at radius 1 is 1.47 bits per heavy atom. The minimum absolute atomic E-state index is 0.195. The van der Waals surface area contributed by atoms with Crippen LogP contribution in [-0.4, -0.2) is 19.8 Å². The van der Waals surface area contributed by atoms with E-state index in [1.54, 1.807) is 13.2 Å². The van der Waals surface area contributed by atoms with E-state index in [1.807, 2.05) is 19.9 Å². The minimum Gasteiger partial charge on any atom is -0.385 e. The molecule has 0 aliphatic carbocycles. The summed E-state index contributed by atoms with van der Waals surface area (Å²) in [4.78, 5) is 0. The summed E-state index contributed by atoms with van der Waals surface area (Å²) < 4.78 is 18.4. The number of methoxy groups -OCH3 is 1. The van der Waals surface area contributed by atoms with Gasteiger partial charge < -0.3 is 10.1 Å². The zero-order chi connectivity index (χ0) is 11.3. The van der Waals surface area contributed by atoms with E-state index < -0.39 is 0 Å². The highest BCUT2D eigenvalue weighted by Crippen LogP contribution is 2.20. The van der Waals surface area contributed by atoms with Crippen LogP contribution in [0.3, 0.4) is 0 Å². The first kappa shape index (κ1) is 12.0. The summed E-state index contributed by atoms with van der Waals surface area (Å²) in [6.45, 7) is 4.60. The van der Waals surface area contributed by atoms with Crippen LogP contribution in [0.15, 0.2) is 18.2 Å². The topological polar surface area (TPSA) is 21.3 Å². The lowest BCUT2D eigenvalue weighted by molar-refractivity contribution is 0.191. The Morgan fingerprint density at radius 2 is 2.20 bits per heavy atom. The molecule has 0 spiro atoms. The van der Waals surface area contributed by atoms with Gasteiger partial charge in [-0.15, -0.1) is 0 Å². The van der Waals surface area contributed by atoms with Crippen LogP contribution in [0.5, 0.6) is 0 Å². The Hall–Kier alpha value is -1.09. The van der Waals surface area contributed by atoms with Crippen LogP contribution in [0, 0.1) is 12.7 Å². The molecule has 1 atom stereocenters. The van der Waals surface area contributed by atoms with Crippen molar-refractivity contribution in [2.45, 2.75) is 26.3 Å². The van der Waals surface area contributed by atoms with E-state index in [0.717, 1.165) is 12.0 Å². The van der Waals surface area contributed by atoms with Gasteiger partial charge in [0.15, 0.2) is 0 Å². The van der Waals surface area contributed by atoms with Gasteiger partial charge in [-0.2, -0.15) is 0 Å². The van der Waals surface area contributed by atoms with Gasteiger partial charge in [0, 0.05) is 19.8 Å². The molecule has 2 nitrogen and oxygen atoms in total. The molecule has 1 N–H and O–H groups in total. The van der Waals surface area contributed by atoms with Crippen LogP contribution < -0.4 is 5.32 Å². The van der Waals surface area contributed by atoms with Crippen LogP contribution in [0.2, 0.25) is 0 Å². The summed E-state index contributed by atoms with van der Waals surface area (Å²) in [5.74, 6) is -0.195. The largest absolute Gasteiger partial charge is 0.385 e. The molecule has 1 aromatic rings. The summed E-state index contributed by atoms with van der Waals surface area (Å²) in [5, 5.41) is 3.16. The summed E-state index contributed by atoms with van der Waals surface area (Å²) in [6, 6.07) is 5.29. The highest BCUT2D eigenvalue weighted by Gasteiger charge is 2.08. The van der Waals surface area contributed by atoms with Gasteiger partial charge in [0.2, 0.25) is 0 Å². The van der Waals surface area contributed by atoms with Crippen LogP contribution in [0.4, 0.5) is 10.1 Å². The van der Waals surface area contributed by atoms with Gasteiger partial charge in [0.25, 0.3) is 0 Å². The van der Waals surface area contributed by atoms with E-state index in [4.69, 9.17) is 4.74 Å². The summed E-state index contributed by atoms with van der Waals surface area (Å²) in [6.07, 6.45) is 0.865. The van der Waals surface area contributed by atoms with Gasteiger partial charge in [0.1, 0.15) is 5.82 Å². The lowest BCUT2D eigenvalue weighted by atomic mass is 10.1. The normalized spacial score (nSPS) is 12.5. The average Bonchev–Trinajstić information content (AvgIpc) is 2.21. The second-order valence-corrected chi connectivity index (χ2v) is 3.76. The number of halogens is 1. The third-order valence-electron chi connectivity index (χ3n) is 2.37. The smallest absolute Gasteiger partial charge is 0.146 e. The summed E-state index contributed by atoms with van der Waals surface area (Å²) >= 11 is 0. The highest BCUT2D eigenvalue weighted by atomic mass is 19.1. The third kappa shape index (κ3) is 3.51. The van der Waals surface area contributed by atoms with E-state index in [-0.39, 0.29) is 11.9 Å². The zero-order valence-electron chi connectivity index (χ0n) is 9.51. The van der Waals surface area contributed by atoms with Gasteiger partial charge in [-0.1, -0.05) is 12.1 Å². The molecule has 1 aromatic carbocycles. The Morgan fingerprint density at radius 3 is 2.80 bits per heavy atom. The van der Waals surface area contributed by atoms with Crippen molar-refractivity contribution < 1.29 is 9.13 Å². The molecular weight excluding hydrogens is 193 g/mol. The maximum absolute atomic E-state index is 13.4. The van der Waals surface area contributed by atoms with Crippen LogP contribution in [0.1, 0.15) is 18.9 Å². The predicted molar refractivity (Wildman–Crippen MR) is 60.7 cm³/mol. The molecule has 0 amide bonds. The quantitative estimate of drug-likeness (QED) is 0.808. The van der Waals surface area contributed by atoms with Crippen LogP contribution >= 0.6 is 0 Å². The van der Waals surface area contributed by atoms with Crippen molar-refractivity contribution >= 4 is 5.69 Å². The van der Waals surface area contributed by atoms with Gasteiger partial charge in [-0.25, -0.2) is 4.39 Å². The number of aryl methyl sites for hydroxylation is 1. The Balaban J connectivity index is 2.63. The Labute approximate surface area is 90.4 Å². The number of para-hydroxylation sites is 1. The number of rotatable bonds is 5. The molecule has 3 heteroatoms. The van der Waals surface area contributed by atoms with E-state index in [0.29, 0.717) is 12.3 Å². The number of ether oxygens (including phenoxy) is 1. The second kappa shape index (κ2) is 5.71. The van der Waals surface area contributed by atoms with Crippen LogP contribution in [-0.2, 0) is 4.74 Å². The predicted octanol–water partition coefficient (Wildman–Crippen LogP) is 2.97. The molecule has 0 bridgehead atoms. The maximum atomic E-state index is 13.4. The van der Waals surface area contributed by atoms with E-state index >= 15 is 0 Å². The van der Waals surface area contributed by atoms with E-state index in [1.165, 1.54) is 6.07 Å². The molecule has 0 fully saturated rings. The lowest BCUT2D eigenvalue weighted by Gasteiger charge is -2.17. The number of benzene rings is 1. The average molecular weight is 211 g/mol. The van der Waals surface area contributed by atoms with Gasteiger partial charge >= 0.3 is 0 Å². The van der Waals surface area contributed by atoms with Gasteiger partial charge in [0.05, 0.1) is 5.69 Å². The molecule has 0 heterocycles. The van der Waals surface area contributed by atoms with Crippen molar-refractivity contribution in [3.8, 4) is 0 Å². The van der Waals surface area contributed by atoms with Crippen molar-refractivity contribution in [2.24, 2.45) is 0 Å². The molecule has 15 heavy (non-hydrogen) atoms. The molecule has 0 saturated heterocycles. The fourth-order valence-electron chi connectivity index (χ4n) is 1.43. The third-order valence-corrected chi connectivity index (χ3v) is 2.37. The first-order chi connectivity index (χ1) is 7.15. The SMILES string of the molecule is COCCC(C)Nc1c(C)cccc1F. The first-order valence-corrected chi connectivity index (χ1v) is 5.15. The molecule has 0 radical (unpaired) electrons. The summed E-state index contributed by atoms with van der Waals surface area (Å²) in [5.41, 5.74) is 1.53. The Kier molecular flexibility index (Phi) is 4.56. The number of hydrogen-bond donors (Lipinski definition) is 1. The molecule has 0 saturated carbocycles. The Bertz CT molecular complexity index is 294. The van der Waals surface area contributed by atoms with Gasteiger partial charge in [-0.3, -0.25) is 0 Å². The summed E-state index contributed by atoms with van der Waals surface area (Å²) in [7, 11) is 1.67.